The van der Waals surface area contributed by atoms with Crippen molar-refractivity contribution in [2.24, 2.45) is 5.92 Å². The third kappa shape index (κ3) is 1.26. The molecule has 1 fully saturated rings. The molecule has 0 bridgehead atoms. The van der Waals surface area contributed by atoms with Crippen LogP contribution in [0.3, 0.4) is 0 Å². The molecule has 1 aliphatic carbocycles. The molecule has 1 aliphatic rings. The van der Waals surface area contributed by atoms with Crippen molar-refractivity contribution in [2.45, 2.75) is 45.1 Å². The quantitative estimate of drug-likeness (QED) is 0.572. The SMILES string of the molecule is CCC1CCCC1(C)O. The lowest BCUT2D eigenvalue weighted by atomic mass is 9.91. The normalized spacial score (nSPS) is 43.7. The predicted octanol–water partition coefficient (Wildman–Crippen LogP) is 1.95. The molecule has 9 heavy (non-hydrogen) atoms. The molecule has 2 atom stereocenters. The minimum atomic E-state index is -0.339. The lowest BCUT2D eigenvalue weighted by Crippen LogP contribution is -2.27. The van der Waals surface area contributed by atoms with Gasteiger partial charge in [-0.05, 0) is 25.7 Å². The maximum absolute atomic E-state index is 9.65. The summed E-state index contributed by atoms with van der Waals surface area (Å²) >= 11 is 0. The van der Waals surface area contributed by atoms with Crippen molar-refractivity contribution < 1.29 is 5.11 Å². The molecule has 1 saturated carbocycles. The molecule has 1 heteroatoms. The van der Waals surface area contributed by atoms with E-state index in [0.29, 0.717) is 5.92 Å². The second-order valence-corrected chi connectivity index (χ2v) is 3.35. The molecule has 0 aliphatic heterocycles. The summed E-state index contributed by atoms with van der Waals surface area (Å²) in [5, 5.41) is 9.65. The molecule has 0 radical (unpaired) electrons. The van der Waals surface area contributed by atoms with E-state index in [1.807, 2.05) is 6.92 Å². The first-order chi connectivity index (χ1) is 4.17. The van der Waals surface area contributed by atoms with Crippen LogP contribution in [-0.4, -0.2) is 10.7 Å². The van der Waals surface area contributed by atoms with E-state index in [9.17, 15) is 5.11 Å². The number of hydrogen-bond donors (Lipinski definition) is 1. The second-order valence-electron chi connectivity index (χ2n) is 3.35. The lowest BCUT2D eigenvalue weighted by molar-refractivity contribution is 0.0199. The van der Waals surface area contributed by atoms with Crippen LogP contribution in [0, 0.1) is 5.92 Å². The van der Waals surface area contributed by atoms with Gasteiger partial charge in [0.05, 0.1) is 5.60 Å². The molecule has 1 N–H and O–H groups in total. The van der Waals surface area contributed by atoms with Crippen LogP contribution in [0.5, 0.6) is 0 Å². The number of hydrogen-bond acceptors (Lipinski definition) is 1. The molecule has 0 aromatic heterocycles. The zero-order chi connectivity index (χ0) is 6.91. The van der Waals surface area contributed by atoms with E-state index < -0.39 is 0 Å². The van der Waals surface area contributed by atoms with Gasteiger partial charge in [0.1, 0.15) is 0 Å². The highest BCUT2D eigenvalue weighted by Gasteiger charge is 2.34. The summed E-state index contributed by atoms with van der Waals surface area (Å²) in [4.78, 5) is 0. The highest BCUT2D eigenvalue weighted by Crippen LogP contribution is 2.36. The van der Waals surface area contributed by atoms with Crippen LogP contribution in [0.15, 0.2) is 0 Å². The van der Waals surface area contributed by atoms with Gasteiger partial charge < -0.3 is 5.11 Å². The zero-order valence-electron chi connectivity index (χ0n) is 6.35. The number of aliphatic hydroxyl groups is 1. The van der Waals surface area contributed by atoms with Crippen LogP contribution in [0.2, 0.25) is 0 Å². The highest BCUT2D eigenvalue weighted by atomic mass is 16.3. The molecule has 54 valence electrons. The predicted molar refractivity (Wildman–Crippen MR) is 38.3 cm³/mol. The van der Waals surface area contributed by atoms with Gasteiger partial charge in [-0.25, -0.2) is 0 Å². The molecule has 0 aromatic carbocycles. The van der Waals surface area contributed by atoms with E-state index in [4.69, 9.17) is 0 Å². The van der Waals surface area contributed by atoms with Gasteiger partial charge >= 0.3 is 0 Å². The van der Waals surface area contributed by atoms with Gasteiger partial charge in [0.2, 0.25) is 0 Å². The molecule has 0 amide bonds. The largest absolute Gasteiger partial charge is 0.390 e. The molecule has 1 rings (SSSR count). The summed E-state index contributed by atoms with van der Waals surface area (Å²) in [7, 11) is 0. The third-order valence-corrected chi connectivity index (χ3v) is 2.61. The zero-order valence-corrected chi connectivity index (χ0v) is 6.35. The Balaban J connectivity index is 2.52. The van der Waals surface area contributed by atoms with E-state index in [2.05, 4.69) is 6.92 Å². The fourth-order valence-corrected chi connectivity index (χ4v) is 1.87. The molecule has 0 heterocycles. The van der Waals surface area contributed by atoms with E-state index in [1.54, 1.807) is 0 Å². The van der Waals surface area contributed by atoms with Crippen LogP contribution in [0.4, 0.5) is 0 Å². The monoisotopic (exact) mass is 128 g/mol. The maximum Gasteiger partial charge on any atom is 0.0647 e. The minimum absolute atomic E-state index is 0.339. The highest BCUT2D eigenvalue weighted by molar-refractivity contribution is 4.87. The Morgan fingerprint density at radius 1 is 1.67 bits per heavy atom. The van der Waals surface area contributed by atoms with E-state index in [0.717, 1.165) is 12.8 Å². The van der Waals surface area contributed by atoms with E-state index in [1.165, 1.54) is 12.8 Å². The topological polar surface area (TPSA) is 20.2 Å². The van der Waals surface area contributed by atoms with Crippen molar-refractivity contribution in [3.05, 3.63) is 0 Å². The summed E-state index contributed by atoms with van der Waals surface area (Å²) < 4.78 is 0. The fraction of sp³-hybridized carbons (Fsp3) is 1.00. The van der Waals surface area contributed by atoms with Crippen LogP contribution in [-0.2, 0) is 0 Å². The Hall–Kier alpha value is -0.0400. The molecule has 0 spiro atoms. The van der Waals surface area contributed by atoms with Gasteiger partial charge in [-0.3, -0.25) is 0 Å². The molecule has 0 saturated heterocycles. The van der Waals surface area contributed by atoms with Crippen molar-refractivity contribution in [3.63, 3.8) is 0 Å². The second kappa shape index (κ2) is 2.30. The third-order valence-electron chi connectivity index (χ3n) is 2.61. The smallest absolute Gasteiger partial charge is 0.0647 e. The summed E-state index contributed by atoms with van der Waals surface area (Å²) in [6, 6.07) is 0. The first-order valence-electron chi connectivity index (χ1n) is 3.89. The van der Waals surface area contributed by atoms with Gasteiger partial charge in [-0.1, -0.05) is 19.8 Å². The maximum atomic E-state index is 9.65. The Morgan fingerprint density at radius 3 is 2.56 bits per heavy atom. The summed E-state index contributed by atoms with van der Waals surface area (Å²) in [5.74, 6) is 0.567. The summed E-state index contributed by atoms with van der Waals surface area (Å²) in [6.45, 7) is 4.12. The van der Waals surface area contributed by atoms with Gasteiger partial charge in [-0.2, -0.15) is 0 Å². The van der Waals surface area contributed by atoms with Crippen molar-refractivity contribution in [3.8, 4) is 0 Å². The van der Waals surface area contributed by atoms with Gasteiger partial charge in [-0.15, -0.1) is 0 Å². The number of rotatable bonds is 1. The first kappa shape index (κ1) is 7.07. The van der Waals surface area contributed by atoms with Crippen LogP contribution >= 0.6 is 0 Å². The van der Waals surface area contributed by atoms with Crippen molar-refractivity contribution in [1.29, 1.82) is 0 Å². The van der Waals surface area contributed by atoms with E-state index in [-0.39, 0.29) is 5.60 Å². The standard InChI is InChI=1S/C8H16O/c1-3-7-5-4-6-8(7,2)9/h7,9H,3-6H2,1-2H3. The average molecular weight is 128 g/mol. The molecular weight excluding hydrogens is 112 g/mol. The van der Waals surface area contributed by atoms with Crippen molar-refractivity contribution in [2.75, 3.05) is 0 Å². The van der Waals surface area contributed by atoms with Crippen molar-refractivity contribution in [1.82, 2.24) is 0 Å². The lowest BCUT2D eigenvalue weighted by Gasteiger charge is -2.23. The molecule has 2 unspecified atom stereocenters. The Labute approximate surface area is 57.1 Å². The van der Waals surface area contributed by atoms with E-state index >= 15 is 0 Å². The molecular formula is C8H16O. The average Bonchev–Trinajstić information content (AvgIpc) is 2.08. The van der Waals surface area contributed by atoms with Gasteiger partial charge in [0.15, 0.2) is 0 Å². The Kier molecular flexibility index (Phi) is 1.80. The Morgan fingerprint density at radius 2 is 2.33 bits per heavy atom. The van der Waals surface area contributed by atoms with Gasteiger partial charge in [0.25, 0.3) is 0 Å². The van der Waals surface area contributed by atoms with Crippen molar-refractivity contribution >= 4 is 0 Å². The molecule has 0 aromatic rings. The van der Waals surface area contributed by atoms with Crippen LogP contribution in [0.1, 0.15) is 39.5 Å². The summed E-state index contributed by atoms with van der Waals surface area (Å²) in [5.41, 5.74) is -0.339. The first-order valence-corrected chi connectivity index (χ1v) is 3.89. The summed E-state index contributed by atoms with van der Waals surface area (Å²) in [6.07, 6.45) is 4.58. The fourth-order valence-electron chi connectivity index (χ4n) is 1.87. The van der Waals surface area contributed by atoms with Crippen LogP contribution < -0.4 is 0 Å². The Bertz CT molecular complexity index is 96.7. The molecule has 1 nitrogen and oxygen atoms in total. The minimum Gasteiger partial charge on any atom is -0.390 e. The van der Waals surface area contributed by atoms with Gasteiger partial charge in [0, 0.05) is 0 Å². The van der Waals surface area contributed by atoms with Crippen LogP contribution in [0.25, 0.3) is 0 Å².